The minimum Gasteiger partial charge on any atom is -0.398 e. The van der Waals surface area contributed by atoms with Crippen LogP contribution in [0.4, 0.5) is 11.4 Å². The van der Waals surface area contributed by atoms with Gasteiger partial charge in [0.2, 0.25) is 0 Å². The molecule has 0 heterocycles. The molecule has 6 heteroatoms. The van der Waals surface area contributed by atoms with Crippen LogP contribution in [0.15, 0.2) is 36.4 Å². The summed E-state index contributed by atoms with van der Waals surface area (Å²) in [6, 6.07) is 11.7. The van der Waals surface area contributed by atoms with Gasteiger partial charge >= 0.3 is 0 Å². The van der Waals surface area contributed by atoms with Gasteiger partial charge in [0.25, 0.3) is 0 Å². The molecule has 0 aliphatic heterocycles. The first-order valence-electron chi connectivity index (χ1n) is 9.58. The second kappa shape index (κ2) is 8.92. The monoisotopic (exact) mass is 386 g/mol. The molecule has 0 spiro atoms. The number of hydrogen-bond donors (Lipinski definition) is 4. The Morgan fingerprint density at radius 3 is 1.75 bits per heavy atom. The van der Waals surface area contributed by atoms with Crippen molar-refractivity contribution in [3.8, 4) is 0 Å². The summed E-state index contributed by atoms with van der Waals surface area (Å²) in [5, 5.41) is 19.5. The van der Waals surface area contributed by atoms with Crippen LogP contribution >= 0.6 is 0 Å². The molecule has 0 unspecified atom stereocenters. The normalized spacial score (nSPS) is 25.9. The van der Waals surface area contributed by atoms with Gasteiger partial charge in [-0.1, -0.05) is 24.3 Å². The lowest BCUT2D eigenvalue weighted by Crippen LogP contribution is -2.36. The zero-order chi connectivity index (χ0) is 20.3. The number of hydrogen-bond acceptors (Lipinski definition) is 6. The smallest absolute Gasteiger partial charge is 0.0874 e. The number of aliphatic hydroxyl groups excluding tert-OH is 2. The molecule has 2 aromatic carbocycles. The molecule has 4 rings (SSSR count). The van der Waals surface area contributed by atoms with Gasteiger partial charge in [0.05, 0.1) is 24.4 Å². The first kappa shape index (κ1) is 20.6. The molecular formula is C22H30N2O4. The zero-order valence-electron chi connectivity index (χ0n) is 16.5. The molecule has 0 bridgehead atoms. The lowest BCUT2D eigenvalue weighted by Gasteiger charge is -2.29. The number of benzene rings is 2. The number of nitrogens with two attached hydrogens (primary N) is 2. The Labute approximate surface area is 166 Å². The summed E-state index contributed by atoms with van der Waals surface area (Å²) in [4.78, 5) is 0. The fourth-order valence-electron chi connectivity index (χ4n) is 4.06. The van der Waals surface area contributed by atoms with E-state index < -0.39 is 12.2 Å². The van der Waals surface area contributed by atoms with E-state index in [9.17, 15) is 10.2 Å². The van der Waals surface area contributed by atoms with Crippen LogP contribution in [0.2, 0.25) is 0 Å². The molecule has 0 saturated heterocycles. The molecule has 0 aromatic heterocycles. The molecule has 28 heavy (non-hydrogen) atoms. The van der Waals surface area contributed by atoms with E-state index in [4.69, 9.17) is 20.9 Å². The third-order valence-electron chi connectivity index (χ3n) is 5.75. The summed E-state index contributed by atoms with van der Waals surface area (Å²) < 4.78 is 10.4. The highest BCUT2D eigenvalue weighted by Crippen LogP contribution is 2.28. The summed E-state index contributed by atoms with van der Waals surface area (Å²) in [5.74, 6) is 0. The van der Waals surface area contributed by atoms with Crippen LogP contribution in [0.3, 0.4) is 0 Å². The largest absolute Gasteiger partial charge is 0.398 e. The second-order valence-electron chi connectivity index (χ2n) is 7.47. The molecule has 0 fully saturated rings. The number of anilines is 2. The topological polar surface area (TPSA) is 111 Å². The van der Waals surface area contributed by atoms with Gasteiger partial charge in [-0.25, -0.2) is 0 Å². The molecule has 0 amide bonds. The van der Waals surface area contributed by atoms with Crippen molar-refractivity contribution in [1.29, 1.82) is 0 Å². The number of aliphatic hydroxyl groups is 2. The summed E-state index contributed by atoms with van der Waals surface area (Å²) in [5.41, 5.74) is 17.8. The molecule has 6 nitrogen and oxygen atoms in total. The van der Waals surface area contributed by atoms with Crippen molar-refractivity contribution < 1.29 is 19.7 Å². The Morgan fingerprint density at radius 2 is 1.18 bits per heavy atom. The highest BCUT2D eigenvalue weighted by molar-refractivity contribution is 5.53. The van der Waals surface area contributed by atoms with Gasteiger partial charge in [-0.05, 0) is 34.4 Å². The molecule has 0 radical (unpaired) electrons. The molecule has 2 aliphatic rings. The van der Waals surface area contributed by atoms with E-state index >= 15 is 0 Å². The van der Waals surface area contributed by atoms with Gasteiger partial charge in [-0.3, -0.25) is 0 Å². The summed E-state index contributed by atoms with van der Waals surface area (Å²) in [6.07, 6.45) is 1.64. The van der Waals surface area contributed by atoms with Crippen molar-refractivity contribution >= 4 is 11.4 Å². The fraction of sp³-hybridized carbons (Fsp3) is 0.455. The zero-order valence-corrected chi connectivity index (χ0v) is 16.5. The predicted molar refractivity (Wildman–Crippen MR) is 110 cm³/mol. The third-order valence-corrected chi connectivity index (χ3v) is 5.75. The van der Waals surface area contributed by atoms with Crippen LogP contribution in [-0.2, 0) is 35.2 Å². The van der Waals surface area contributed by atoms with E-state index in [0.29, 0.717) is 19.3 Å². The lowest BCUT2D eigenvalue weighted by atomic mass is 9.87. The van der Waals surface area contributed by atoms with Crippen molar-refractivity contribution in [1.82, 2.24) is 0 Å². The molecule has 0 saturated carbocycles. The van der Waals surface area contributed by atoms with Gasteiger partial charge in [-0.15, -0.1) is 0 Å². The van der Waals surface area contributed by atoms with Gasteiger partial charge in [0.15, 0.2) is 0 Å². The Balaban J connectivity index is 0.000000161. The first-order chi connectivity index (χ1) is 13.4. The minimum atomic E-state index is -0.433. The third kappa shape index (κ3) is 4.31. The van der Waals surface area contributed by atoms with Gasteiger partial charge < -0.3 is 31.2 Å². The van der Waals surface area contributed by atoms with Crippen molar-refractivity contribution in [3.05, 3.63) is 58.7 Å². The molecule has 152 valence electrons. The molecule has 2 aromatic rings. The number of rotatable bonds is 2. The van der Waals surface area contributed by atoms with E-state index in [0.717, 1.165) is 34.5 Å². The minimum absolute atomic E-state index is 0.0932. The number of methoxy groups -OCH3 is 2. The molecule has 4 atom stereocenters. The van der Waals surface area contributed by atoms with Crippen molar-refractivity contribution in [2.75, 3.05) is 25.7 Å². The Hall–Kier alpha value is -2.12. The Kier molecular flexibility index (Phi) is 6.57. The van der Waals surface area contributed by atoms with Crippen LogP contribution < -0.4 is 11.5 Å². The van der Waals surface area contributed by atoms with Crippen LogP contribution in [0.25, 0.3) is 0 Å². The second-order valence-corrected chi connectivity index (χ2v) is 7.47. The average Bonchev–Trinajstić information content (AvgIpc) is 2.68. The average molecular weight is 386 g/mol. The fourth-order valence-corrected chi connectivity index (χ4v) is 4.06. The SMILES string of the molecule is CO[C@@H]1Cc2c(N)cccc2C[C@H]1O.CO[C@@H]1Cc2cccc(N)c2C[C@H]1O. The quantitative estimate of drug-likeness (QED) is 0.582. The lowest BCUT2D eigenvalue weighted by molar-refractivity contribution is -0.0160. The van der Waals surface area contributed by atoms with E-state index in [1.54, 1.807) is 14.2 Å². The highest BCUT2D eigenvalue weighted by atomic mass is 16.5. The highest BCUT2D eigenvalue weighted by Gasteiger charge is 2.28. The summed E-state index contributed by atoms with van der Waals surface area (Å²) >= 11 is 0. The Bertz CT molecular complexity index is 811. The predicted octanol–water partition coefficient (Wildman–Crippen LogP) is 1.49. The van der Waals surface area contributed by atoms with Crippen LogP contribution in [0.5, 0.6) is 0 Å². The maximum Gasteiger partial charge on any atom is 0.0874 e. The molecule has 2 aliphatic carbocycles. The number of fused-ring (bicyclic) bond motifs is 2. The maximum atomic E-state index is 9.76. The van der Waals surface area contributed by atoms with Crippen LogP contribution in [0.1, 0.15) is 22.3 Å². The number of nitrogen functional groups attached to an aromatic ring is 2. The first-order valence-corrected chi connectivity index (χ1v) is 9.58. The van der Waals surface area contributed by atoms with Gasteiger partial charge in [-0.2, -0.15) is 0 Å². The van der Waals surface area contributed by atoms with Crippen molar-refractivity contribution in [2.45, 2.75) is 50.1 Å². The molecule has 6 N–H and O–H groups in total. The van der Waals surface area contributed by atoms with E-state index in [2.05, 4.69) is 0 Å². The summed E-state index contributed by atoms with van der Waals surface area (Å²) in [6.45, 7) is 0. The van der Waals surface area contributed by atoms with Crippen LogP contribution in [-0.4, -0.2) is 48.8 Å². The van der Waals surface area contributed by atoms with E-state index in [-0.39, 0.29) is 12.2 Å². The van der Waals surface area contributed by atoms with Crippen molar-refractivity contribution in [3.63, 3.8) is 0 Å². The van der Waals surface area contributed by atoms with Gasteiger partial charge in [0.1, 0.15) is 0 Å². The Morgan fingerprint density at radius 1 is 0.714 bits per heavy atom. The standard InChI is InChI=1S/2C11H15NO2/c1-14-11-5-7-3-2-4-9(12)8(7)6-10(11)13;1-14-11-6-8-7(5-10(11)13)3-2-4-9(8)12/h2*2-4,10-11,13H,5-6,12H2,1H3/t2*10-,11-/m11/s1. The molecular weight excluding hydrogens is 356 g/mol. The van der Waals surface area contributed by atoms with Crippen LogP contribution in [0, 0.1) is 0 Å². The van der Waals surface area contributed by atoms with E-state index in [1.165, 1.54) is 5.56 Å². The summed E-state index contributed by atoms with van der Waals surface area (Å²) in [7, 11) is 3.25. The van der Waals surface area contributed by atoms with Crippen molar-refractivity contribution in [2.24, 2.45) is 0 Å². The number of ether oxygens (including phenoxy) is 2. The van der Waals surface area contributed by atoms with Gasteiger partial charge in [0, 0.05) is 51.3 Å². The van der Waals surface area contributed by atoms with E-state index in [1.807, 2.05) is 36.4 Å². The maximum absolute atomic E-state index is 9.76.